The first-order chi connectivity index (χ1) is 9.82. The van der Waals surface area contributed by atoms with E-state index in [1.165, 1.54) is 25.7 Å². The van der Waals surface area contributed by atoms with Gasteiger partial charge in [0.2, 0.25) is 0 Å². The van der Waals surface area contributed by atoms with Crippen LogP contribution in [0, 0.1) is 0 Å². The van der Waals surface area contributed by atoms with Gasteiger partial charge < -0.3 is 19.9 Å². The third kappa shape index (κ3) is 3.34. The molecule has 3 rings (SSSR count). The Morgan fingerprint density at radius 2 is 1.67 bits per heavy atom. The van der Waals surface area contributed by atoms with E-state index in [-0.39, 0.29) is 6.09 Å². The molecule has 1 N–H and O–H groups in total. The van der Waals surface area contributed by atoms with Crippen molar-refractivity contribution in [2.24, 2.45) is 0 Å². The SMILES string of the molecule is CN1C2CCC1CC(NC1CN(C(=O)OC(C)(C)C)C1)C2. The summed E-state index contributed by atoms with van der Waals surface area (Å²) >= 11 is 0. The van der Waals surface area contributed by atoms with E-state index in [1.807, 2.05) is 20.8 Å². The molecule has 3 saturated heterocycles. The Kier molecular flexibility index (Phi) is 3.91. The second-order valence-corrected chi connectivity index (χ2v) is 7.97. The van der Waals surface area contributed by atoms with Gasteiger partial charge in [-0.2, -0.15) is 0 Å². The number of fused-ring (bicyclic) bond motifs is 2. The summed E-state index contributed by atoms with van der Waals surface area (Å²) in [6.07, 6.45) is 5.05. The van der Waals surface area contributed by atoms with Gasteiger partial charge in [0.25, 0.3) is 0 Å². The minimum Gasteiger partial charge on any atom is -0.444 e. The number of rotatable bonds is 2. The summed E-state index contributed by atoms with van der Waals surface area (Å²) in [5, 5.41) is 3.75. The first-order valence-electron chi connectivity index (χ1n) is 8.28. The van der Waals surface area contributed by atoms with Crippen LogP contribution in [0.3, 0.4) is 0 Å². The zero-order valence-electron chi connectivity index (χ0n) is 13.8. The van der Waals surface area contributed by atoms with Crippen molar-refractivity contribution in [3.05, 3.63) is 0 Å². The fraction of sp³-hybridized carbons (Fsp3) is 0.938. The molecule has 0 aromatic heterocycles. The van der Waals surface area contributed by atoms with Crippen LogP contribution in [0.2, 0.25) is 0 Å². The molecule has 0 aromatic rings. The molecule has 3 aliphatic rings. The van der Waals surface area contributed by atoms with Crippen molar-refractivity contribution in [3.63, 3.8) is 0 Å². The number of hydrogen-bond acceptors (Lipinski definition) is 4. The number of hydrogen-bond donors (Lipinski definition) is 1. The van der Waals surface area contributed by atoms with Gasteiger partial charge in [0.05, 0.1) is 0 Å². The van der Waals surface area contributed by atoms with Crippen molar-refractivity contribution in [1.82, 2.24) is 15.1 Å². The quantitative estimate of drug-likeness (QED) is 0.844. The van der Waals surface area contributed by atoms with E-state index >= 15 is 0 Å². The lowest BCUT2D eigenvalue weighted by Gasteiger charge is -2.44. The van der Waals surface area contributed by atoms with Crippen molar-refractivity contribution in [2.45, 2.75) is 76.2 Å². The summed E-state index contributed by atoms with van der Waals surface area (Å²) in [4.78, 5) is 16.3. The molecule has 2 unspecified atom stereocenters. The molecule has 21 heavy (non-hydrogen) atoms. The van der Waals surface area contributed by atoms with Gasteiger partial charge in [-0.3, -0.25) is 0 Å². The zero-order chi connectivity index (χ0) is 15.2. The monoisotopic (exact) mass is 295 g/mol. The molecule has 3 fully saturated rings. The summed E-state index contributed by atoms with van der Waals surface area (Å²) < 4.78 is 5.39. The highest BCUT2D eigenvalue weighted by Crippen LogP contribution is 2.34. The molecule has 5 nitrogen and oxygen atoms in total. The average molecular weight is 295 g/mol. The topological polar surface area (TPSA) is 44.8 Å². The Hall–Kier alpha value is -0.810. The normalized spacial score (nSPS) is 33.9. The van der Waals surface area contributed by atoms with E-state index in [0.717, 1.165) is 25.2 Å². The van der Waals surface area contributed by atoms with Crippen molar-refractivity contribution < 1.29 is 9.53 Å². The number of ether oxygens (including phenoxy) is 1. The smallest absolute Gasteiger partial charge is 0.410 e. The number of amides is 1. The van der Waals surface area contributed by atoms with Crippen molar-refractivity contribution in [1.29, 1.82) is 0 Å². The Bertz CT molecular complexity index is 387. The predicted molar refractivity (Wildman–Crippen MR) is 82.3 cm³/mol. The number of likely N-dealkylation sites (tertiary alicyclic amines) is 1. The van der Waals surface area contributed by atoms with Gasteiger partial charge in [-0.15, -0.1) is 0 Å². The molecule has 120 valence electrons. The molecule has 1 amide bonds. The zero-order valence-corrected chi connectivity index (χ0v) is 13.8. The fourth-order valence-electron chi connectivity index (χ4n) is 3.94. The first-order valence-corrected chi connectivity index (χ1v) is 8.28. The van der Waals surface area contributed by atoms with Crippen LogP contribution in [0.1, 0.15) is 46.5 Å². The molecular formula is C16H29N3O2. The maximum Gasteiger partial charge on any atom is 0.410 e. The summed E-state index contributed by atoms with van der Waals surface area (Å²) in [5.41, 5.74) is -0.400. The van der Waals surface area contributed by atoms with E-state index in [2.05, 4.69) is 17.3 Å². The summed E-state index contributed by atoms with van der Waals surface area (Å²) in [5.74, 6) is 0. The highest BCUT2D eigenvalue weighted by molar-refractivity contribution is 5.69. The van der Waals surface area contributed by atoms with E-state index in [9.17, 15) is 4.79 Å². The van der Waals surface area contributed by atoms with E-state index < -0.39 is 5.60 Å². The number of nitrogens with zero attached hydrogens (tertiary/aromatic N) is 2. The first kappa shape index (κ1) is 15.1. The average Bonchev–Trinajstić information content (AvgIpc) is 2.56. The van der Waals surface area contributed by atoms with Gasteiger partial charge in [0.15, 0.2) is 0 Å². The largest absolute Gasteiger partial charge is 0.444 e. The number of carbonyl (C=O) groups is 1. The van der Waals surface area contributed by atoms with Crippen LogP contribution in [-0.4, -0.2) is 65.8 Å². The van der Waals surface area contributed by atoms with E-state index in [0.29, 0.717) is 12.1 Å². The van der Waals surface area contributed by atoms with Gasteiger partial charge in [-0.05, 0) is 53.5 Å². The Morgan fingerprint density at radius 1 is 1.10 bits per heavy atom. The molecule has 0 aromatic carbocycles. The maximum absolute atomic E-state index is 11.9. The van der Waals surface area contributed by atoms with Crippen LogP contribution in [-0.2, 0) is 4.74 Å². The number of nitrogens with one attached hydrogen (secondary N) is 1. The molecule has 3 aliphatic heterocycles. The van der Waals surface area contributed by atoms with Crippen LogP contribution >= 0.6 is 0 Å². The lowest BCUT2D eigenvalue weighted by atomic mass is 9.96. The molecule has 0 aliphatic carbocycles. The Morgan fingerprint density at radius 3 is 2.19 bits per heavy atom. The molecule has 2 atom stereocenters. The van der Waals surface area contributed by atoms with Crippen molar-refractivity contribution in [3.8, 4) is 0 Å². The van der Waals surface area contributed by atoms with Crippen LogP contribution < -0.4 is 5.32 Å². The lowest BCUT2D eigenvalue weighted by Crippen LogP contribution is -2.63. The van der Waals surface area contributed by atoms with Crippen LogP contribution in [0.4, 0.5) is 4.79 Å². The lowest BCUT2D eigenvalue weighted by molar-refractivity contribution is 0.00240. The number of carbonyl (C=O) groups excluding carboxylic acids is 1. The van der Waals surface area contributed by atoms with Crippen molar-refractivity contribution >= 4 is 6.09 Å². The van der Waals surface area contributed by atoms with Gasteiger partial charge in [-0.25, -0.2) is 4.79 Å². The molecule has 5 heteroatoms. The Labute approximate surface area is 128 Å². The van der Waals surface area contributed by atoms with Gasteiger partial charge in [0, 0.05) is 37.3 Å². The fourth-order valence-corrected chi connectivity index (χ4v) is 3.94. The standard InChI is InChI=1S/C16H29N3O2/c1-16(2,3)21-15(20)19-9-12(10-19)17-11-7-13-5-6-14(8-11)18(13)4/h11-14,17H,5-10H2,1-4H3. The van der Waals surface area contributed by atoms with Crippen LogP contribution in [0.25, 0.3) is 0 Å². The molecule has 0 saturated carbocycles. The third-order valence-corrected chi connectivity index (χ3v) is 5.10. The molecule has 0 spiro atoms. The van der Waals surface area contributed by atoms with E-state index in [4.69, 9.17) is 4.74 Å². The van der Waals surface area contributed by atoms with Gasteiger partial charge >= 0.3 is 6.09 Å². The second-order valence-electron chi connectivity index (χ2n) is 7.97. The van der Waals surface area contributed by atoms with Gasteiger partial charge in [0.1, 0.15) is 5.60 Å². The second kappa shape index (κ2) is 5.43. The molecule has 3 heterocycles. The summed E-state index contributed by atoms with van der Waals surface area (Å²) in [6, 6.07) is 2.61. The van der Waals surface area contributed by atoms with E-state index in [1.54, 1.807) is 4.90 Å². The van der Waals surface area contributed by atoms with Gasteiger partial charge in [-0.1, -0.05) is 0 Å². The van der Waals surface area contributed by atoms with Crippen LogP contribution in [0.15, 0.2) is 0 Å². The molecule has 2 bridgehead atoms. The maximum atomic E-state index is 11.9. The summed E-state index contributed by atoms with van der Waals surface area (Å²) in [6.45, 7) is 7.31. The highest BCUT2D eigenvalue weighted by atomic mass is 16.6. The Balaban J connectivity index is 1.41. The molecular weight excluding hydrogens is 266 g/mol. The van der Waals surface area contributed by atoms with Crippen molar-refractivity contribution in [2.75, 3.05) is 20.1 Å². The highest BCUT2D eigenvalue weighted by Gasteiger charge is 2.41. The minimum atomic E-state index is -0.400. The predicted octanol–water partition coefficient (Wildman–Crippen LogP) is 1.82. The third-order valence-electron chi connectivity index (χ3n) is 5.10. The summed E-state index contributed by atoms with van der Waals surface area (Å²) in [7, 11) is 2.27. The minimum absolute atomic E-state index is 0.177. The number of piperidine rings is 1. The molecule has 0 radical (unpaired) electrons. The van der Waals surface area contributed by atoms with Crippen LogP contribution in [0.5, 0.6) is 0 Å².